The average molecular weight is 562 g/mol. The van der Waals surface area contributed by atoms with Crippen molar-refractivity contribution in [2.75, 3.05) is 37.4 Å². The number of amides is 5. The van der Waals surface area contributed by atoms with E-state index in [2.05, 4.69) is 16.0 Å². The van der Waals surface area contributed by atoms with Crippen molar-refractivity contribution in [2.45, 2.75) is 45.9 Å². The maximum Gasteiger partial charge on any atom is 0.321 e. The van der Waals surface area contributed by atoms with E-state index in [0.29, 0.717) is 23.7 Å². The van der Waals surface area contributed by atoms with Crippen LogP contribution in [-0.4, -0.2) is 77.8 Å². The van der Waals surface area contributed by atoms with Gasteiger partial charge >= 0.3 is 12.1 Å². The van der Waals surface area contributed by atoms with E-state index >= 15 is 0 Å². The number of hydrogen-bond donors (Lipinski definition) is 4. The largest absolute Gasteiger partial charge is 0.487 e. The quantitative estimate of drug-likeness (QED) is 0.331. The van der Waals surface area contributed by atoms with Crippen molar-refractivity contribution in [1.82, 2.24) is 15.1 Å². The Morgan fingerprint density at radius 1 is 1.07 bits per heavy atom. The number of aliphatic hydroxyl groups is 1. The number of nitrogens with one attached hydrogen (secondary N) is 3. The number of aliphatic hydroxyl groups excluding tert-OH is 1. The summed E-state index contributed by atoms with van der Waals surface area (Å²) in [5.41, 5.74) is 1.42. The first-order valence-electron chi connectivity index (χ1n) is 13.9. The minimum Gasteiger partial charge on any atom is -0.487 e. The summed E-state index contributed by atoms with van der Waals surface area (Å²) in [5.74, 6) is -0.121. The molecule has 0 unspecified atom stereocenters. The molecule has 10 heteroatoms. The number of hydrogen-bond acceptors (Lipinski definition) is 5. The number of nitrogens with zero attached hydrogens (tertiary/aromatic N) is 2. The average Bonchev–Trinajstić information content (AvgIpc) is 2.94. The van der Waals surface area contributed by atoms with Crippen molar-refractivity contribution in [2.24, 2.45) is 5.92 Å². The van der Waals surface area contributed by atoms with Gasteiger partial charge in [0.2, 0.25) is 0 Å². The molecule has 10 nitrogen and oxygen atoms in total. The Hall–Kier alpha value is -4.31. The summed E-state index contributed by atoms with van der Waals surface area (Å²) in [6, 6.07) is 17.4. The number of likely N-dealkylation sites (N-methyl/N-ethyl adjacent to an activating group) is 1. The summed E-state index contributed by atoms with van der Waals surface area (Å²) in [7, 11) is 1.70. The fourth-order valence-corrected chi connectivity index (χ4v) is 4.85. The van der Waals surface area contributed by atoms with Crippen LogP contribution in [0, 0.1) is 5.92 Å². The highest BCUT2D eigenvalue weighted by molar-refractivity contribution is 6.02. The summed E-state index contributed by atoms with van der Waals surface area (Å²) in [5, 5.41) is 20.4. The van der Waals surface area contributed by atoms with E-state index in [1.54, 1.807) is 42.0 Å². The van der Waals surface area contributed by atoms with Gasteiger partial charge in [0.1, 0.15) is 11.9 Å². The third kappa shape index (κ3) is 7.07. The summed E-state index contributed by atoms with van der Waals surface area (Å²) in [4.78, 5) is 42.3. The lowest BCUT2D eigenvalue weighted by atomic mass is 9.99. The maximum atomic E-state index is 13.6. The first kappa shape index (κ1) is 29.7. The molecule has 0 spiro atoms. The van der Waals surface area contributed by atoms with E-state index in [1.165, 1.54) is 0 Å². The van der Waals surface area contributed by atoms with Crippen molar-refractivity contribution in [3.63, 3.8) is 0 Å². The predicted octanol–water partition coefficient (Wildman–Crippen LogP) is 4.75. The van der Waals surface area contributed by atoms with Gasteiger partial charge in [-0.25, -0.2) is 9.59 Å². The monoisotopic (exact) mass is 561 g/mol. The summed E-state index contributed by atoms with van der Waals surface area (Å²) >= 11 is 0. The smallest absolute Gasteiger partial charge is 0.321 e. The third-order valence-electron chi connectivity index (χ3n) is 7.17. The summed E-state index contributed by atoms with van der Waals surface area (Å²) in [6.07, 6.45) is -0.457. The Balaban J connectivity index is 1.57. The van der Waals surface area contributed by atoms with E-state index in [4.69, 9.17) is 4.74 Å². The number of benzene rings is 3. The van der Waals surface area contributed by atoms with E-state index in [0.717, 1.165) is 10.8 Å². The van der Waals surface area contributed by atoms with Crippen LogP contribution in [0.4, 0.5) is 21.0 Å². The molecule has 0 fully saturated rings. The number of anilines is 2. The van der Waals surface area contributed by atoms with Crippen LogP contribution in [0.25, 0.3) is 10.8 Å². The molecular weight excluding hydrogens is 522 g/mol. The Bertz CT molecular complexity index is 1410. The number of rotatable bonds is 7. The van der Waals surface area contributed by atoms with Crippen molar-refractivity contribution in [3.8, 4) is 5.75 Å². The van der Waals surface area contributed by atoms with Crippen LogP contribution in [0.3, 0.4) is 0 Å². The summed E-state index contributed by atoms with van der Waals surface area (Å²) < 4.78 is 6.39. The lowest BCUT2D eigenvalue weighted by molar-refractivity contribution is 0.0371. The number of fused-ring (bicyclic) bond motifs is 2. The molecule has 1 aliphatic rings. The van der Waals surface area contributed by atoms with Gasteiger partial charge in [-0.3, -0.25) is 4.79 Å². The third-order valence-corrected chi connectivity index (χ3v) is 7.17. The zero-order valence-corrected chi connectivity index (χ0v) is 24.2. The van der Waals surface area contributed by atoms with Crippen LogP contribution in [0.15, 0.2) is 60.7 Å². The molecule has 4 N–H and O–H groups in total. The lowest BCUT2D eigenvalue weighted by Crippen LogP contribution is -2.50. The Morgan fingerprint density at radius 2 is 1.80 bits per heavy atom. The van der Waals surface area contributed by atoms with Crippen LogP contribution in [-0.2, 0) is 0 Å². The standard InChI is InChI=1S/C31H39N5O5/c1-19(2)32-30(39)33-23-13-14-27-25(15-23)29(38)36(21(4)18-37)16-20(3)28(41-27)17-35(5)31(40)34-26-12-8-10-22-9-6-7-11-24(22)26/h6-15,19-21,28,37H,16-18H2,1-5H3,(H,34,40)(H2,32,33,39)/t20-,21-,28+/m1/s1. The SMILES string of the molecule is CC(C)NC(=O)Nc1ccc2c(c1)C(=O)N([C@H](C)CO)C[C@@H](C)[C@H](CN(C)C(=O)Nc1cccc3ccccc13)O2. The van der Waals surface area contributed by atoms with Crippen LogP contribution in [0.5, 0.6) is 5.75 Å². The normalized spacial score (nSPS) is 17.6. The van der Waals surface area contributed by atoms with Crippen LogP contribution in [0.1, 0.15) is 38.1 Å². The topological polar surface area (TPSA) is 123 Å². The van der Waals surface area contributed by atoms with Crippen molar-refractivity contribution in [3.05, 3.63) is 66.2 Å². The second-order valence-corrected chi connectivity index (χ2v) is 10.9. The predicted molar refractivity (Wildman–Crippen MR) is 160 cm³/mol. The minimum atomic E-state index is -0.457. The molecule has 1 heterocycles. The molecule has 3 aromatic rings. The second kappa shape index (κ2) is 12.9. The first-order chi connectivity index (χ1) is 19.6. The molecular formula is C31H39N5O5. The fourth-order valence-electron chi connectivity index (χ4n) is 4.85. The van der Waals surface area contributed by atoms with E-state index in [1.807, 2.05) is 63.2 Å². The van der Waals surface area contributed by atoms with Gasteiger partial charge in [-0.1, -0.05) is 43.3 Å². The Kier molecular flexibility index (Phi) is 9.34. The van der Waals surface area contributed by atoms with E-state index in [-0.39, 0.29) is 48.6 Å². The molecule has 41 heavy (non-hydrogen) atoms. The van der Waals surface area contributed by atoms with Crippen molar-refractivity contribution in [1.29, 1.82) is 0 Å². The molecule has 0 radical (unpaired) electrons. The number of carbonyl (C=O) groups excluding carboxylic acids is 3. The summed E-state index contributed by atoms with van der Waals surface area (Å²) in [6.45, 7) is 7.81. The maximum absolute atomic E-state index is 13.6. The molecule has 0 saturated carbocycles. The van der Waals surface area contributed by atoms with Gasteiger partial charge in [0, 0.05) is 36.6 Å². The van der Waals surface area contributed by atoms with Gasteiger partial charge in [-0.05, 0) is 50.4 Å². The molecule has 0 saturated heterocycles. The van der Waals surface area contributed by atoms with Gasteiger partial charge in [0.05, 0.1) is 30.4 Å². The van der Waals surface area contributed by atoms with Crippen LogP contribution in [0.2, 0.25) is 0 Å². The molecule has 0 aliphatic carbocycles. The lowest BCUT2D eigenvalue weighted by Gasteiger charge is -2.38. The van der Waals surface area contributed by atoms with Crippen LogP contribution < -0.4 is 20.7 Å². The molecule has 4 rings (SSSR count). The number of ether oxygens (including phenoxy) is 1. The van der Waals surface area contributed by atoms with Gasteiger partial charge in [0.25, 0.3) is 5.91 Å². The molecule has 5 amide bonds. The van der Waals surface area contributed by atoms with Crippen molar-refractivity contribution < 1.29 is 24.2 Å². The zero-order chi connectivity index (χ0) is 29.7. The van der Waals surface area contributed by atoms with Gasteiger partial charge < -0.3 is 35.6 Å². The highest BCUT2D eigenvalue weighted by Crippen LogP contribution is 2.31. The Morgan fingerprint density at radius 3 is 2.54 bits per heavy atom. The minimum absolute atomic E-state index is 0.0535. The second-order valence-electron chi connectivity index (χ2n) is 10.9. The highest BCUT2D eigenvalue weighted by Gasteiger charge is 2.34. The first-order valence-corrected chi connectivity index (χ1v) is 13.9. The highest BCUT2D eigenvalue weighted by atomic mass is 16.5. The molecule has 3 aromatic carbocycles. The van der Waals surface area contributed by atoms with Crippen LogP contribution >= 0.6 is 0 Å². The van der Waals surface area contributed by atoms with Gasteiger partial charge in [-0.2, -0.15) is 0 Å². The fraction of sp³-hybridized carbons (Fsp3) is 0.387. The molecule has 0 bridgehead atoms. The van der Waals surface area contributed by atoms with Gasteiger partial charge in [-0.15, -0.1) is 0 Å². The molecule has 0 aromatic heterocycles. The van der Waals surface area contributed by atoms with E-state index < -0.39 is 12.1 Å². The molecule has 3 atom stereocenters. The Labute approximate surface area is 240 Å². The van der Waals surface area contributed by atoms with E-state index in [9.17, 15) is 19.5 Å². The molecule has 218 valence electrons. The number of urea groups is 2. The van der Waals surface area contributed by atoms with Crippen molar-refractivity contribution >= 4 is 40.1 Å². The van der Waals surface area contributed by atoms with Gasteiger partial charge in [0.15, 0.2) is 0 Å². The number of carbonyl (C=O) groups is 3. The zero-order valence-electron chi connectivity index (χ0n) is 24.2. The molecule has 1 aliphatic heterocycles.